The zero-order chi connectivity index (χ0) is 24.1. The van der Waals surface area contributed by atoms with Gasteiger partial charge in [-0.3, -0.25) is 4.79 Å². The first kappa shape index (κ1) is 24.5. The number of anilines is 1. The van der Waals surface area contributed by atoms with E-state index in [-0.39, 0.29) is 11.7 Å². The Labute approximate surface area is 217 Å². The maximum Gasteiger partial charge on any atom is 0.234 e. The Hall–Kier alpha value is -2.59. The fraction of sp³-hybridized carbons (Fsp3) is 0.269. The molecule has 0 radical (unpaired) electrons. The van der Waals surface area contributed by atoms with Crippen molar-refractivity contribution in [1.29, 1.82) is 0 Å². The van der Waals surface area contributed by atoms with Crippen LogP contribution in [-0.2, 0) is 17.9 Å². The predicted molar refractivity (Wildman–Crippen MR) is 147 cm³/mol. The number of carbonyl (C=O) groups excluding carboxylic acids is 1. The Morgan fingerprint density at radius 1 is 1.12 bits per heavy atom. The van der Waals surface area contributed by atoms with Gasteiger partial charge in [-0.25, -0.2) is 0 Å². The van der Waals surface area contributed by atoms with Crippen LogP contribution in [-0.4, -0.2) is 26.4 Å². The summed E-state index contributed by atoms with van der Waals surface area (Å²) in [5.41, 5.74) is 2.00. The molecular formula is C26H27IN4O2S. The minimum atomic E-state index is -0.0627. The van der Waals surface area contributed by atoms with Gasteiger partial charge in [-0.05, 0) is 70.6 Å². The van der Waals surface area contributed by atoms with Gasteiger partial charge >= 0.3 is 0 Å². The molecule has 1 amide bonds. The van der Waals surface area contributed by atoms with Crippen LogP contribution in [0.1, 0.15) is 38.1 Å². The van der Waals surface area contributed by atoms with Crippen LogP contribution in [0.2, 0.25) is 0 Å². The molecule has 4 rings (SSSR count). The number of benzene rings is 3. The number of thioether (sulfide) groups is 1. The Morgan fingerprint density at radius 2 is 1.91 bits per heavy atom. The van der Waals surface area contributed by atoms with Crippen molar-refractivity contribution in [3.8, 4) is 5.75 Å². The molecule has 0 fully saturated rings. The van der Waals surface area contributed by atoms with E-state index in [1.807, 2.05) is 54.0 Å². The van der Waals surface area contributed by atoms with Gasteiger partial charge < -0.3 is 14.6 Å². The van der Waals surface area contributed by atoms with E-state index in [0.29, 0.717) is 24.2 Å². The highest BCUT2D eigenvalue weighted by atomic mass is 127. The summed E-state index contributed by atoms with van der Waals surface area (Å²) in [7, 11) is 0. The van der Waals surface area contributed by atoms with Crippen LogP contribution >= 0.6 is 34.4 Å². The van der Waals surface area contributed by atoms with Crippen LogP contribution in [0.15, 0.2) is 65.8 Å². The monoisotopic (exact) mass is 586 g/mol. The molecule has 0 spiro atoms. The molecule has 0 aliphatic carbocycles. The fourth-order valence-electron chi connectivity index (χ4n) is 3.76. The summed E-state index contributed by atoms with van der Waals surface area (Å²) in [5.74, 6) is 2.07. The third kappa shape index (κ3) is 5.72. The lowest BCUT2D eigenvalue weighted by Gasteiger charge is -2.14. The van der Waals surface area contributed by atoms with Crippen molar-refractivity contribution in [2.24, 2.45) is 0 Å². The van der Waals surface area contributed by atoms with Crippen molar-refractivity contribution in [2.75, 3.05) is 11.1 Å². The summed E-state index contributed by atoms with van der Waals surface area (Å²) in [4.78, 5) is 12.7. The van der Waals surface area contributed by atoms with Gasteiger partial charge in [-0.2, -0.15) is 0 Å². The minimum Gasteiger partial charge on any atom is -0.485 e. The first-order valence-corrected chi connectivity index (χ1v) is 13.3. The number of rotatable bonds is 9. The summed E-state index contributed by atoms with van der Waals surface area (Å²) < 4.78 is 9.25. The van der Waals surface area contributed by atoms with Crippen molar-refractivity contribution in [2.45, 2.75) is 45.0 Å². The van der Waals surface area contributed by atoms with E-state index in [1.54, 1.807) is 0 Å². The predicted octanol–water partition coefficient (Wildman–Crippen LogP) is 6.49. The topological polar surface area (TPSA) is 69.0 Å². The lowest BCUT2D eigenvalue weighted by atomic mass is 10.0. The maximum absolute atomic E-state index is 12.7. The first-order chi connectivity index (χ1) is 16.5. The van der Waals surface area contributed by atoms with Gasteiger partial charge in [0.1, 0.15) is 12.4 Å². The average Bonchev–Trinajstić information content (AvgIpc) is 3.24. The molecule has 0 saturated heterocycles. The van der Waals surface area contributed by atoms with E-state index >= 15 is 0 Å². The standard InChI is InChI=1S/C26H27IN4O2S/c1-4-31-24(15-33-23-11-7-9-18-8-5-6-10-20(18)23)29-30-26(31)34-16-25(32)28-22-13-12-19(27)14-21(22)17(2)3/h5-14,17H,4,15-16H2,1-3H3,(H,28,32). The fourth-order valence-corrected chi connectivity index (χ4v) is 5.09. The molecule has 1 N–H and O–H groups in total. The highest BCUT2D eigenvalue weighted by Crippen LogP contribution is 2.28. The highest BCUT2D eigenvalue weighted by Gasteiger charge is 2.16. The number of fused-ring (bicyclic) bond motifs is 1. The summed E-state index contributed by atoms with van der Waals surface area (Å²) >= 11 is 3.67. The third-order valence-electron chi connectivity index (χ3n) is 5.46. The van der Waals surface area contributed by atoms with Crippen molar-refractivity contribution >= 4 is 56.7 Å². The van der Waals surface area contributed by atoms with E-state index in [1.165, 1.54) is 11.8 Å². The lowest BCUT2D eigenvalue weighted by molar-refractivity contribution is -0.113. The number of hydrogen-bond acceptors (Lipinski definition) is 5. The first-order valence-electron chi connectivity index (χ1n) is 11.2. The van der Waals surface area contributed by atoms with Crippen molar-refractivity contribution in [1.82, 2.24) is 14.8 Å². The number of halogens is 1. The second-order valence-electron chi connectivity index (χ2n) is 8.13. The van der Waals surface area contributed by atoms with Gasteiger partial charge in [0.05, 0.1) is 5.75 Å². The van der Waals surface area contributed by atoms with E-state index in [9.17, 15) is 4.79 Å². The molecule has 0 aliphatic rings. The van der Waals surface area contributed by atoms with E-state index in [2.05, 4.69) is 70.2 Å². The van der Waals surface area contributed by atoms with Crippen LogP contribution < -0.4 is 10.1 Å². The number of nitrogens with one attached hydrogen (secondary N) is 1. The number of amides is 1. The smallest absolute Gasteiger partial charge is 0.234 e. The van der Waals surface area contributed by atoms with Gasteiger partial charge in [-0.1, -0.05) is 62.0 Å². The Kier molecular flexibility index (Phi) is 8.10. The molecule has 6 nitrogen and oxygen atoms in total. The zero-order valence-corrected chi connectivity index (χ0v) is 22.4. The van der Waals surface area contributed by atoms with Gasteiger partial charge in [0.25, 0.3) is 0 Å². The summed E-state index contributed by atoms with van der Waals surface area (Å²) in [6.07, 6.45) is 0. The maximum atomic E-state index is 12.7. The van der Waals surface area contributed by atoms with Crippen LogP contribution in [0.4, 0.5) is 5.69 Å². The lowest BCUT2D eigenvalue weighted by Crippen LogP contribution is -2.16. The van der Waals surface area contributed by atoms with Gasteiger partial charge in [0, 0.05) is 21.2 Å². The van der Waals surface area contributed by atoms with Gasteiger partial charge in [-0.15, -0.1) is 10.2 Å². The third-order valence-corrected chi connectivity index (χ3v) is 7.10. The van der Waals surface area contributed by atoms with Crippen LogP contribution in [0.5, 0.6) is 5.75 Å². The second-order valence-corrected chi connectivity index (χ2v) is 10.3. The molecule has 0 saturated carbocycles. The quantitative estimate of drug-likeness (QED) is 0.180. The molecule has 4 aromatic rings. The van der Waals surface area contributed by atoms with Gasteiger partial charge in [0.2, 0.25) is 5.91 Å². The van der Waals surface area contributed by atoms with E-state index < -0.39 is 0 Å². The molecule has 0 aliphatic heterocycles. The molecule has 8 heteroatoms. The second kappa shape index (κ2) is 11.2. The Bertz CT molecular complexity index is 1300. The van der Waals surface area contributed by atoms with Crippen molar-refractivity contribution in [3.05, 3.63) is 75.6 Å². The Morgan fingerprint density at radius 3 is 2.71 bits per heavy atom. The zero-order valence-electron chi connectivity index (χ0n) is 19.4. The summed E-state index contributed by atoms with van der Waals surface area (Å²) in [6, 6.07) is 20.2. The SMILES string of the molecule is CCn1c(COc2cccc3ccccc23)nnc1SCC(=O)Nc1ccc(I)cc1C(C)C. The number of nitrogens with zero attached hydrogens (tertiary/aromatic N) is 3. The van der Waals surface area contributed by atoms with Crippen molar-refractivity contribution < 1.29 is 9.53 Å². The number of hydrogen-bond donors (Lipinski definition) is 1. The van der Waals surface area contributed by atoms with Crippen molar-refractivity contribution in [3.63, 3.8) is 0 Å². The average molecular weight is 586 g/mol. The molecule has 34 heavy (non-hydrogen) atoms. The minimum absolute atomic E-state index is 0.0627. The largest absolute Gasteiger partial charge is 0.485 e. The molecule has 1 heterocycles. The molecular weight excluding hydrogens is 559 g/mol. The normalized spacial score (nSPS) is 11.2. The number of carbonyl (C=O) groups is 1. The summed E-state index contributed by atoms with van der Waals surface area (Å²) in [6.45, 7) is 7.29. The van der Waals surface area contributed by atoms with Crippen LogP contribution in [0.3, 0.4) is 0 Å². The number of aromatic nitrogens is 3. The van der Waals surface area contributed by atoms with Gasteiger partial charge in [0.15, 0.2) is 11.0 Å². The van der Waals surface area contributed by atoms with E-state index in [0.717, 1.165) is 37.2 Å². The molecule has 176 valence electrons. The summed E-state index contributed by atoms with van der Waals surface area (Å²) in [5, 5.41) is 14.6. The number of ether oxygens (including phenoxy) is 1. The molecule has 3 aromatic carbocycles. The van der Waals surface area contributed by atoms with Crippen LogP contribution in [0, 0.1) is 3.57 Å². The highest BCUT2D eigenvalue weighted by molar-refractivity contribution is 14.1. The van der Waals surface area contributed by atoms with Crippen LogP contribution in [0.25, 0.3) is 10.8 Å². The Balaban J connectivity index is 1.40. The van der Waals surface area contributed by atoms with E-state index in [4.69, 9.17) is 4.74 Å². The molecule has 0 atom stereocenters. The molecule has 0 bridgehead atoms. The molecule has 1 aromatic heterocycles. The molecule has 0 unspecified atom stereocenters.